The van der Waals surface area contributed by atoms with Gasteiger partial charge in [0.2, 0.25) is 0 Å². The largest absolute Gasteiger partial charge is 0.477 e. The predicted molar refractivity (Wildman–Crippen MR) is 79.3 cm³/mol. The van der Waals surface area contributed by atoms with Crippen molar-refractivity contribution < 1.29 is 9.90 Å². The van der Waals surface area contributed by atoms with Crippen LogP contribution in [0, 0.1) is 18.3 Å². The molecule has 2 heterocycles. The summed E-state index contributed by atoms with van der Waals surface area (Å²) in [5, 5.41) is 19.7. The van der Waals surface area contributed by atoms with E-state index in [1.54, 1.807) is 25.3 Å². The van der Waals surface area contributed by atoms with Crippen molar-refractivity contribution in [2.75, 3.05) is 0 Å². The SMILES string of the molecule is Cc1nc(-c2cc(C#N)c3cccnc3c2)sc1C(=O)O. The number of carbonyl (C=O) groups is 1. The van der Waals surface area contributed by atoms with Crippen LogP contribution in [0.15, 0.2) is 30.5 Å². The molecule has 0 radical (unpaired) electrons. The van der Waals surface area contributed by atoms with E-state index in [0.29, 0.717) is 27.3 Å². The smallest absolute Gasteiger partial charge is 0.347 e. The van der Waals surface area contributed by atoms with Crippen LogP contribution in [0.2, 0.25) is 0 Å². The van der Waals surface area contributed by atoms with Crippen molar-refractivity contribution in [3.05, 3.63) is 46.6 Å². The Balaban J connectivity index is 2.24. The van der Waals surface area contributed by atoms with E-state index < -0.39 is 5.97 Å². The summed E-state index contributed by atoms with van der Waals surface area (Å²) in [7, 11) is 0. The van der Waals surface area contributed by atoms with E-state index in [9.17, 15) is 10.1 Å². The number of hydrogen-bond acceptors (Lipinski definition) is 5. The molecule has 0 aliphatic heterocycles. The number of aryl methyl sites for hydroxylation is 1. The maximum absolute atomic E-state index is 11.1. The number of pyridine rings is 1. The quantitative estimate of drug-likeness (QED) is 0.784. The van der Waals surface area contributed by atoms with Crippen molar-refractivity contribution in [3.8, 4) is 16.6 Å². The zero-order valence-electron chi connectivity index (χ0n) is 11.0. The van der Waals surface area contributed by atoms with Crippen molar-refractivity contribution in [1.82, 2.24) is 9.97 Å². The van der Waals surface area contributed by atoms with Gasteiger partial charge >= 0.3 is 5.97 Å². The average Bonchev–Trinajstić information content (AvgIpc) is 2.88. The Morgan fingerprint density at radius 3 is 2.90 bits per heavy atom. The lowest BCUT2D eigenvalue weighted by Gasteiger charge is -2.02. The highest BCUT2D eigenvalue weighted by atomic mass is 32.1. The Hall–Kier alpha value is -2.78. The zero-order valence-corrected chi connectivity index (χ0v) is 11.8. The number of fused-ring (bicyclic) bond motifs is 1. The Bertz CT molecular complexity index is 909. The molecule has 5 nitrogen and oxygen atoms in total. The molecular weight excluding hydrogens is 286 g/mol. The van der Waals surface area contributed by atoms with Crippen LogP contribution in [0.4, 0.5) is 0 Å². The number of aromatic carboxylic acids is 1. The summed E-state index contributed by atoms with van der Waals surface area (Å²) < 4.78 is 0. The molecular formula is C15H9N3O2S. The van der Waals surface area contributed by atoms with Crippen molar-refractivity contribution in [3.63, 3.8) is 0 Å². The lowest BCUT2D eigenvalue weighted by atomic mass is 10.1. The number of aromatic nitrogens is 2. The van der Waals surface area contributed by atoms with Gasteiger partial charge in [0.15, 0.2) is 0 Å². The number of rotatable bonds is 2. The molecule has 0 spiro atoms. The van der Waals surface area contributed by atoms with Gasteiger partial charge in [-0.05, 0) is 31.2 Å². The minimum Gasteiger partial charge on any atom is -0.477 e. The molecule has 0 saturated carbocycles. The molecule has 0 unspecified atom stereocenters. The van der Waals surface area contributed by atoms with Crippen LogP contribution in [-0.4, -0.2) is 21.0 Å². The van der Waals surface area contributed by atoms with Gasteiger partial charge in [0.05, 0.1) is 22.8 Å². The van der Waals surface area contributed by atoms with Crippen LogP contribution in [0.25, 0.3) is 21.5 Å². The number of benzene rings is 1. The van der Waals surface area contributed by atoms with Gasteiger partial charge in [-0.1, -0.05) is 0 Å². The van der Waals surface area contributed by atoms with Crippen LogP contribution in [0.5, 0.6) is 0 Å². The Morgan fingerprint density at radius 2 is 2.24 bits per heavy atom. The van der Waals surface area contributed by atoms with E-state index in [4.69, 9.17) is 5.11 Å². The second-order valence-corrected chi connectivity index (χ2v) is 5.44. The summed E-state index contributed by atoms with van der Waals surface area (Å²) in [4.78, 5) is 19.9. The summed E-state index contributed by atoms with van der Waals surface area (Å²) in [6.45, 7) is 1.66. The molecule has 0 bridgehead atoms. The van der Waals surface area contributed by atoms with Gasteiger partial charge in [0, 0.05) is 17.1 Å². The minimum atomic E-state index is -0.990. The minimum absolute atomic E-state index is 0.213. The fourth-order valence-electron chi connectivity index (χ4n) is 2.12. The molecule has 1 N–H and O–H groups in total. The van der Waals surface area contributed by atoms with Gasteiger partial charge in [-0.3, -0.25) is 4.98 Å². The number of hydrogen-bond donors (Lipinski definition) is 1. The topological polar surface area (TPSA) is 86.9 Å². The molecule has 102 valence electrons. The highest BCUT2D eigenvalue weighted by Crippen LogP contribution is 2.31. The monoisotopic (exact) mass is 295 g/mol. The molecule has 0 saturated heterocycles. The molecule has 0 aliphatic carbocycles. The number of carboxylic acids is 1. The fraction of sp³-hybridized carbons (Fsp3) is 0.0667. The molecule has 0 amide bonds. The van der Waals surface area contributed by atoms with Gasteiger partial charge in [0.25, 0.3) is 0 Å². The molecule has 6 heteroatoms. The van der Waals surface area contributed by atoms with Gasteiger partial charge < -0.3 is 5.11 Å². The van der Waals surface area contributed by atoms with Gasteiger partial charge in [0.1, 0.15) is 9.88 Å². The molecule has 3 aromatic rings. The molecule has 0 atom stereocenters. The second-order valence-electron chi connectivity index (χ2n) is 4.44. The lowest BCUT2D eigenvalue weighted by Crippen LogP contribution is -1.94. The van der Waals surface area contributed by atoms with Crippen molar-refractivity contribution in [2.45, 2.75) is 6.92 Å². The third-order valence-corrected chi connectivity index (χ3v) is 4.27. The number of nitriles is 1. The van der Waals surface area contributed by atoms with Gasteiger partial charge in [-0.2, -0.15) is 5.26 Å². The maximum Gasteiger partial charge on any atom is 0.347 e. The standard InChI is InChI=1S/C15H9N3O2S/c1-8-13(15(19)20)21-14(18-8)9-5-10(7-16)11-3-2-4-17-12(11)6-9/h2-6H,1H3,(H,19,20). The van der Waals surface area contributed by atoms with Crippen molar-refractivity contribution in [2.24, 2.45) is 0 Å². The summed E-state index contributed by atoms with van der Waals surface area (Å²) in [5.41, 5.74) is 2.37. The van der Waals surface area contributed by atoms with Crippen LogP contribution in [-0.2, 0) is 0 Å². The van der Waals surface area contributed by atoms with Gasteiger partial charge in [-0.25, -0.2) is 9.78 Å². The highest BCUT2D eigenvalue weighted by molar-refractivity contribution is 7.17. The van der Waals surface area contributed by atoms with Crippen LogP contribution >= 0.6 is 11.3 Å². The van der Waals surface area contributed by atoms with E-state index in [1.165, 1.54) is 0 Å². The third-order valence-electron chi connectivity index (χ3n) is 3.08. The zero-order chi connectivity index (χ0) is 15.0. The van der Waals surface area contributed by atoms with E-state index in [0.717, 1.165) is 16.7 Å². The molecule has 1 aromatic carbocycles. The first-order chi connectivity index (χ1) is 10.1. The number of thiazole rings is 1. The molecule has 21 heavy (non-hydrogen) atoms. The Kier molecular flexibility index (Phi) is 3.12. The first kappa shape index (κ1) is 13.2. The van der Waals surface area contributed by atoms with E-state index >= 15 is 0 Å². The summed E-state index contributed by atoms with van der Waals surface area (Å²) in [5.74, 6) is -0.990. The summed E-state index contributed by atoms with van der Waals surface area (Å²) >= 11 is 1.10. The summed E-state index contributed by atoms with van der Waals surface area (Å²) in [6.07, 6.45) is 1.66. The normalized spacial score (nSPS) is 10.5. The second kappa shape index (κ2) is 4.96. The molecule has 0 fully saturated rings. The summed E-state index contributed by atoms with van der Waals surface area (Å²) in [6, 6.07) is 9.29. The highest BCUT2D eigenvalue weighted by Gasteiger charge is 2.16. The van der Waals surface area contributed by atoms with Crippen LogP contribution in [0.1, 0.15) is 20.9 Å². The van der Waals surface area contributed by atoms with Crippen LogP contribution in [0.3, 0.4) is 0 Å². The van der Waals surface area contributed by atoms with Crippen molar-refractivity contribution >= 4 is 28.2 Å². The average molecular weight is 295 g/mol. The van der Waals surface area contributed by atoms with E-state index in [-0.39, 0.29) is 4.88 Å². The third kappa shape index (κ3) is 2.24. The molecule has 0 aliphatic rings. The lowest BCUT2D eigenvalue weighted by molar-refractivity contribution is 0.0701. The number of carboxylic acid groups (broad SMARTS) is 1. The predicted octanol–water partition coefficient (Wildman–Crippen LogP) is 3.24. The van der Waals surface area contributed by atoms with E-state index in [2.05, 4.69) is 16.0 Å². The van der Waals surface area contributed by atoms with Crippen molar-refractivity contribution in [1.29, 1.82) is 5.26 Å². The van der Waals surface area contributed by atoms with Gasteiger partial charge in [-0.15, -0.1) is 11.3 Å². The fourth-order valence-corrected chi connectivity index (χ4v) is 3.01. The Labute approximate surface area is 124 Å². The Morgan fingerprint density at radius 1 is 1.43 bits per heavy atom. The van der Waals surface area contributed by atoms with E-state index in [1.807, 2.05) is 12.1 Å². The molecule has 3 rings (SSSR count). The number of nitrogens with zero attached hydrogens (tertiary/aromatic N) is 3. The first-order valence-corrected chi connectivity index (χ1v) is 6.92. The maximum atomic E-state index is 11.1. The molecule has 2 aromatic heterocycles. The van der Waals surface area contributed by atoms with Crippen LogP contribution < -0.4 is 0 Å². The first-order valence-electron chi connectivity index (χ1n) is 6.10.